The first kappa shape index (κ1) is 44.0. The maximum Gasteiger partial charge on any atom is 0.0746 e. The summed E-state index contributed by atoms with van der Waals surface area (Å²) in [5.74, 6) is 0. The summed E-state index contributed by atoms with van der Waals surface area (Å²) in [6, 6.07) is 99.1. The van der Waals surface area contributed by atoms with Crippen LogP contribution in [0.1, 0.15) is 62.9 Å². The highest BCUT2D eigenvalue weighted by Gasteiger charge is 2.53. The lowest BCUT2D eigenvalue weighted by Gasteiger charge is -2.36. The van der Waals surface area contributed by atoms with Gasteiger partial charge in [0.2, 0.25) is 0 Å². The molecule has 76 heavy (non-hydrogen) atoms. The van der Waals surface area contributed by atoms with Gasteiger partial charge in [-0.25, -0.2) is 0 Å². The van der Waals surface area contributed by atoms with Crippen LogP contribution < -0.4 is 4.90 Å². The Labute approximate surface area is 444 Å². The van der Waals surface area contributed by atoms with Crippen molar-refractivity contribution >= 4 is 44.4 Å². The normalized spacial score (nSPS) is 14.4. The van der Waals surface area contributed by atoms with Crippen LogP contribution >= 0.6 is 0 Å². The van der Waals surface area contributed by atoms with E-state index in [1.54, 1.807) is 0 Å². The van der Waals surface area contributed by atoms with Gasteiger partial charge in [-0.1, -0.05) is 243 Å². The van der Waals surface area contributed by atoms with Crippen LogP contribution in [0.25, 0.3) is 60.8 Å². The number of anilines is 3. The standard InChI is InChI=1S/C62H43N.C12H9N/c1-3-18-42(19-4-1)43-34-38-46(39-35-43)63(47-40-36-45(37-41-47)61(44-20-5-2-6-21-44)54-28-12-7-22-48(54)49-23-8-13-29-55(49)61)59-33-17-27-53-52-26-11-16-32-58(52)62(60(53)59)56-30-14-9-24-50(56)51-25-10-15-31-57(51)62;1-3-7-11-9(5-1)10-6-2-4-8-12(10)13-11/h1-3,5-18,20-41H,4,19H2;1-8,13H. The highest BCUT2D eigenvalue weighted by atomic mass is 15.1. The van der Waals surface area contributed by atoms with E-state index in [9.17, 15) is 0 Å². The first-order valence-corrected chi connectivity index (χ1v) is 26.7. The summed E-state index contributed by atoms with van der Waals surface area (Å²) < 4.78 is 0. The SMILES string of the molecule is C1=CCCC(c2ccc(N(c3ccc(C4(c5ccccc5)c5ccccc5-c5ccccc54)cc3)c3cccc4c3C3(c5ccccc5-c5ccccc53)c3ccccc3-4)cc2)=C1.c1ccc2c(c1)[nH]c1ccccc12. The van der Waals surface area contributed by atoms with E-state index in [-0.39, 0.29) is 0 Å². The van der Waals surface area contributed by atoms with Gasteiger partial charge in [0, 0.05) is 38.7 Å². The summed E-state index contributed by atoms with van der Waals surface area (Å²) in [7, 11) is 0. The molecule has 2 heteroatoms. The Morgan fingerprint density at radius 1 is 0.342 bits per heavy atom. The Balaban J connectivity index is 0.000000338. The van der Waals surface area contributed by atoms with Crippen LogP contribution in [0.3, 0.4) is 0 Å². The largest absolute Gasteiger partial charge is 0.355 e. The minimum Gasteiger partial charge on any atom is -0.355 e. The third-order valence-electron chi connectivity index (χ3n) is 16.9. The van der Waals surface area contributed by atoms with Crippen LogP contribution in [0.2, 0.25) is 0 Å². The Morgan fingerprint density at radius 3 is 1.28 bits per heavy atom. The summed E-state index contributed by atoms with van der Waals surface area (Å²) in [4.78, 5) is 5.91. The Bertz CT molecular complexity index is 4130. The smallest absolute Gasteiger partial charge is 0.0746 e. The number of aromatic nitrogens is 1. The third-order valence-corrected chi connectivity index (χ3v) is 16.9. The van der Waals surface area contributed by atoms with Gasteiger partial charge in [0.25, 0.3) is 0 Å². The zero-order valence-corrected chi connectivity index (χ0v) is 42.0. The van der Waals surface area contributed by atoms with Crippen LogP contribution in [0.4, 0.5) is 17.1 Å². The van der Waals surface area contributed by atoms with E-state index in [0.717, 1.165) is 24.2 Å². The fourth-order valence-electron chi connectivity index (χ4n) is 13.8. The van der Waals surface area contributed by atoms with Crippen LogP contribution in [-0.2, 0) is 10.8 Å². The van der Waals surface area contributed by atoms with Crippen molar-refractivity contribution in [2.24, 2.45) is 0 Å². The van der Waals surface area contributed by atoms with E-state index in [1.165, 1.54) is 117 Å². The summed E-state index contributed by atoms with van der Waals surface area (Å²) >= 11 is 0. The lowest BCUT2D eigenvalue weighted by Crippen LogP contribution is -2.29. The molecule has 0 bridgehead atoms. The van der Waals surface area contributed by atoms with Crippen LogP contribution in [0.15, 0.2) is 285 Å². The Hall–Kier alpha value is -9.50. The molecule has 12 aromatic rings. The molecule has 0 amide bonds. The van der Waals surface area contributed by atoms with Crippen LogP contribution in [0, 0.1) is 0 Å². The average Bonchev–Trinajstić information content (AvgIpc) is 4.34. The van der Waals surface area contributed by atoms with E-state index < -0.39 is 10.8 Å². The highest BCUT2D eigenvalue weighted by molar-refractivity contribution is 6.07. The van der Waals surface area contributed by atoms with Crippen molar-refractivity contribution in [2.45, 2.75) is 23.7 Å². The molecule has 1 spiro atoms. The van der Waals surface area contributed by atoms with E-state index in [4.69, 9.17) is 0 Å². The molecule has 358 valence electrons. The molecular formula is C74H52N2. The van der Waals surface area contributed by atoms with E-state index in [2.05, 4.69) is 295 Å². The molecule has 0 radical (unpaired) electrons. The number of benzene rings is 11. The summed E-state index contributed by atoms with van der Waals surface area (Å²) in [6.45, 7) is 0. The molecule has 0 saturated carbocycles. The van der Waals surface area contributed by atoms with E-state index in [0.29, 0.717) is 0 Å². The monoisotopic (exact) mass is 968 g/mol. The topological polar surface area (TPSA) is 19.0 Å². The van der Waals surface area contributed by atoms with Gasteiger partial charge in [0.1, 0.15) is 0 Å². The van der Waals surface area contributed by atoms with Gasteiger partial charge in [-0.2, -0.15) is 0 Å². The molecule has 11 aromatic carbocycles. The number of hydrogen-bond acceptors (Lipinski definition) is 1. The number of nitrogens with one attached hydrogen (secondary N) is 1. The molecule has 1 N–H and O–H groups in total. The second kappa shape index (κ2) is 17.6. The van der Waals surface area contributed by atoms with Crippen molar-refractivity contribution in [3.63, 3.8) is 0 Å². The average molecular weight is 969 g/mol. The second-order valence-electron chi connectivity index (χ2n) is 20.6. The Morgan fingerprint density at radius 2 is 0.763 bits per heavy atom. The third kappa shape index (κ3) is 6.41. The van der Waals surface area contributed by atoms with Crippen molar-refractivity contribution < 1.29 is 0 Å². The maximum atomic E-state index is 3.38. The quantitative estimate of drug-likeness (QED) is 0.176. The molecule has 1 aromatic heterocycles. The van der Waals surface area contributed by atoms with Crippen molar-refractivity contribution in [1.29, 1.82) is 0 Å². The number of allylic oxidation sites excluding steroid dienone is 4. The zero-order chi connectivity index (χ0) is 50.2. The van der Waals surface area contributed by atoms with E-state index in [1.807, 2.05) is 0 Å². The predicted octanol–water partition coefficient (Wildman–Crippen LogP) is 18.9. The minimum absolute atomic E-state index is 0.474. The number of nitrogens with zero attached hydrogens (tertiary/aromatic N) is 1. The first-order valence-electron chi connectivity index (χ1n) is 26.7. The zero-order valence-electron chi connectivity index (χ0n) is 42.0. The second-order valence-corrected chi connectivity index (χ2v) is 20.6. The minimum atomic E-state index is -0.498. The molecule has 0 atom stereocenters. The summed E-state index contributed by atoms with van der Waals surface area (Å²) in [6.07, 6.45) is 8.87. The number of rotatable bonds is 6. The maximum absolute atomic E-state index is 3.38. The van der Waals surface area contributed by atoms with Gasteiger partial charge in [-0.3, -0.25) is 0 Å². The molecule has 4 aliphatic carbocycles. The Kier molecular flexibility index (Phi) is 10.2. The van der Waals surface area contributed by atoms with E-state index >= 15 is 0 Å². The molecule has 0 unspecified atom stereocenters. The molecule has 16 rings (SSSR count). The lowest BCUT2D eigenvalue weighted by atomic mass is 9.67. The van der Waals surface area contributed by atoms with Gasteiger partial charge in [-0.05, 0) is 139 Å². The fourth-order valence-corrected chi connectivity index (χ4v) is 13.8. The number of fused-ring (bicyclic) bond motifs is 16. The molecule has 2 nitrogen and oxygen atoms in total. The van der Waals surface area contributed by atoms with Crippen LogP contribution in [-0.4, -0.2) is 4.98 Å². The molecule has 0 saturated heterocycles. The van der Waals surface area contributed by atoms with Gasteiger partial charge in [0.15, 0.2) is 0 Å². The predicted molar refractivity (Wildman–Crippen MR) is 317 cm³/mol. The summed E-state index contributed by atoms with van der Waals surface area (Å²) in [5.41, 5.74) is 25.9. The number of hydrogen-bond donors (Lipinski definition) is 1. The van der Waals surface area contributed by atoms with Crippen molar-refractivity contribution in [3.05, 3.63) is 335 Å². The number of aromatic amines is 1. The van der Waals surface area contributed by atoms with Gasteiger partial charge < -0.3 is 9.88 Å². The molecule has 4 aliphatic rings. The highest BCUT2D eigenvalue weighted by Crippen LogP contribution is 2.65. The molecular weight excluding hydrogens is 917 g/mol. The van der Waals surface area contributed by atoms with Crippen molar-refractivity contribution in [2.75, 3.05) is 4.90 Å². The van der Waals surface area contributed by atoms with Crippen LogP contribution in [0.5, 0.6) is 0 Å². The van der Waals surface area contributed by atoms with Gasteiger partial charge >= 0.3 is 0 Å². The number of para-hydroxylation sites is 2. The van der Waals surface area contributed by atoms with Crippen molar-refractivity contribution in [1.82, 2.24) is 4.98 Å². The fraction of sp³-hybridized carbons (Fsp3) is 0.0541. The lowest BCUT2D eigenvalue weighted by molar-refractivity contribution is 0.768. The van der Waals surface area contributed by atoms with Crippen molar-refractivity contribution in [3.8, 4) is 33.4 Å². The molecule has 0 fully saturated rings. The summed E-state index contributed by atoms with van der Waals surface area (Å²) in [5, 5.41) is 2.61. The molecule has 1 heterocycles. The number of H-pyrrole nitrogens is 1. The van der Waals surface area contributed by atoms with Gasteiger partial charge in [0.05, 0.1) is 16.5 Å². The first-order chi connectivity index (χ1) is 37.7. The molecule has 0 aliphatic heterocycles. The van der Waals surface area contributed by atoms with Gasteiger partial charge in [-0.15, -0.1) is 0 Å².